The third-order valence-electron chi connectivity index (χ3n) is 2.07. The van der Waals surface area contributed by atoms with Crippen LogP contribution in [0.4, 0.5) is 11.8 Å². The maximum Gasteiger partial charge on any atom is 0.241 e. The number of halogens is 1. The Morgan fingerprint density at radius 3 is 2.88 bits per heavy atom. The largest absolute Gasteiger partial charge is 0.358 e. The summed E-state index contributed by atoms with van der Waals surface area (Å²) in [6.07, 6.45) is 1.64. The summed E-state index contributed by atoms with van der Waals surface area (Å²) in [5.74, 6) is 1.02. The van der Waals surface area contributed by atoms with Crippen molar-refractivity contribution in [2.24, 2.45) is 0 Å². The van der Waals surface area contributed by atoms with Crippen molar-refractivity contribution >= 4 is 33.6 Å². The third-order valence-corrected chi connectivity index (χ3v) is 2.65. The first-order chi connectivity index (χ1) is 8.08. The van der Waals surface area contributed by atoms with E-state index in [9.17, 15) is 4.79 Å². The molecule has 0 aliphatic carbocycles. The van der Waals surface area contributed by atoms with Gasteiger partial charge in [0.2, 0.25) is 11.9 Å². The van der Waals surface area contributed by atoms with Gasteiger partial charge in [-0.05, 0) is 29.8 Å². The first kappa shape index (κ1) is 13.7. The minimum absolute atomic E-state index is 0.0967. The molecule has 0 radical (unpaired) electrons. The summed E-state index contributed by atoms with van der Waals surface area (Å²) in [7, 11) is 1.60. The summed E-state index contributed by atoms with van der Waals surface area (Å²) in [6, 6.07) is -0.360. The molecule has 0 aliphatic heterocycles. The van der Waals surface area contributed by atoms with Gasteiger partial charge in [0, 0.05) is 19.8 Å². The number of carbonyl (C=O) groups excluding carboxylic acids is 1. The molecule has 0 fully saturated rings. The molecule has 1 aromatic heterocycles. The summed E-state index contributed by atoms with van der Waals surface area (Å²) in [4.78, 5) is 19.7. The predicted octanol–water partition coefficient (Wildman–Crippen LogP) is 1.22. The number of hydrogen-bond acceptors (Lipinski definition) is 5. The van der Waals surface area contributed by atoms with Crippen molar-refractivity contribution in [1.29, 1.82) is 0 Å². The summed E-state index contributed by atoms with van der Waals surface area (Å²) in [6.45, 7) is 4.47. The maximum atomic E-state index is 11.4. The average Bonchev–Trinajstić information content (AvgIpc) is 2.32. The van der Waals surface area contributed by atoms with Crippen LogP contribution in [0.15, 0.2) is 10.7 Å². The highest BCUT2D eigenvalue weighted by molar-refractivity contribution is 9.10. The van der Waals surface area contributed by atoms with Crippen LogP contribution in [0.5, 0.6) is 0 Å². The summed E-state index contributed by atoms with van der Waals surface area (Å²) < 4.78 is 0.718. The SMILES string of the molecule is CCNc1ncc(Br)c(NC(C)C(=O)NC)n1. The van der Waals surface area contributed by atoms with E-state index in [0.717, 1.165) is 11.0 Å². The van der Waals surface area contributed by atoms with Crippen LogP contribution in [0.25, 0.3) is 0 Å². The van der Waals surface area contributed by atoms with E-state index in [0.29, 0.717) is 11.8 Å². The van der Waals surface area contributed by atoms with Crippen molar-refractivity contribution in [1.82, 2.24) is 15.3 Å². The number of aromatic nitrogens is 2. The van der Waals surface area contributed by atoms with Crippen LogP contribution in [-0.4, -0.2) is 35.5 Å². The quantitative estimate of drug-likeness (QED) is 0.762. The molecule has 3 N–H and O–H groups in total. The molecule has 0 bridgehead atoms. The molecule has 1 aromatic rings. The predicted molar refractivity (Wildman–Crippen MR) is 71.0 cm³/mol. The van der Waals surface area contributed by atoms with E-state index in [2.05, 4.69) is 41.8 Å². The molecular weight excluding hydrogens is 286 g/mol. The molecule has 94 valence electrons. The van der Waals surface area contributed by atoms with Crippen LogP contribution in [-0.2, 0) is 4.79 Å². The van der Waals surface area contributed by atoms with Crippen LogP contribution in [0, 0.1) is 0 Å². The van der Waals surface area contributed by atoms with E-state index in [1.807, 2.05) is 6.92 Å². The highest BCUT2D eigenvalue weighted by Gasteiger charge is 2.13. The summed E-state index contributed by atoms with van der Waals surface area (Å²) in [5.41, 5.74) is 0. The van der Waals surface area contributed by atoms with Crippen molar-refractivity contribution in [2.75, 3.05) is 24.2 Å². The Hall–Kier alpha value is -1.37. The molecule has 17 heavy (non-hydrogen) atoms. The second-order valence-electron chi connectivity index (χ2n) is 3.40. The van der Waals surface area contributed by atoms with Gasteiger partial charge in [0.15, 0.2) is 0 Å². The zero-order chi connectivity index (χ0) is 12.8. The Labute approximate surface area is 109 Å². The van der Waals surface area contributed by atoms with Crippen LogP contribution in [0.3, 0.4) is 0 Å². The fraction of sp³-hybridized carbons (Fsp3) is 0.500. The van der Waals surface area contributed by atoms with Crippen molar-refractivity contribution in [3.8, 4) is 0 Å². The van der Waals surface area contributed by atoms with Gasteiger partial charge in [0.05, 0.1) is 4.47 Å². The molecule has 7 heteroatoms. The highest BCUT2D eigenvalue weighted by atomic mass is 79.9. The molecule has 6 nitrogen and oxygen atoms in total. The van der Waals surface area contributed by atoms with E-state index in [-0.39, 0.29) is 11.9 Å². The first-order valence-electron chi connectivity index (χ1n) is 5.33. The van der Waals surface area contributed by atoms with Crippen LogP contribution < -0.4 is 16.0 Å². The Kier molecular flexibility index (Phi) is 5.14. The second kappa shape index (κ2) is 6.39. The molecular formula is C10H16BrN5O. The molecule has 1 rings (SSSR count). The van der Waals surface area contributed by atoms with E-state index < -0.39 is 0 Å². The Morgan fingerprint density at radius 1 is 1.59 bits per heavy atom. The summed E-state index contributed by atoms with van der Waals surface area (Å²) >= 11 is 3.33. The molecule has 1 atom stereocenters. The van der Waals surface area contributed by atoms with Crippen molar-refractivity contribution in [3.05, 3.63) is 10.7 Å². The van der Waals surface area contributed by atoms with Crippen LogP contribution >= 0.6 is 15.9 Å². The lowest BCUT2D eigenvalue weighted by Gasteiger charge is -2.14. The lowest BCUT2D eigenvalue weighted by Crippen LogP contribution is -2.35. The highest BCUT2D eigenvalue weighted by Crippen LogP contribution is 2.20. The second-order valence-corrected chi connectivity index (χ2v) is 4.26. The topological polar surface area (TPSA) is 78.9 Å². The maximum absolute atomic E-state index is 11.4. The van der Waals surface area contributed by atoms with Gasteiger partial charge in [-0.15, -0.1) is 0 Å². The number of anilines is 2. The smallest absolute Gasteiger partial charge is 0.241 e. The van der Waals surface area contributed by atoms with E-state index in [1.54, 1.807) is 20.2 Å². The fourth-order valence-corrected chi connectivity index (χ4v) is 1.50. The normalized spacial score (nSPS) is 11.8. The summed E-state index contributed by atoms with van der Waals surface area (Å²) in [5, 5.41) is 8.59. The Morgan fingerprint density at radius 2 is 2.29 bits per heavy atom. The van der Waals surface area contributed by atoms with Gasteiger partial charge in [-0.25, -0.2) is 4.98 Å². The van der Waals surface area contributed by atoms with Crippen molar-refractivity contribution in [3.63, 3.8) is 0 Å². The fourth-order valence-electron chi connectivity index (χ4n) is 1.20. The van der Waals surface area contributed by atoms with E-state index in [4.69, 9.17) is 0 Å². The van der Waals surface area contributed by atoms with Crippen molar-refractivity contribution < 1.29 is 4.79 Å². The lowest BCUT2D eigenvalue weighted by atomic mass is 10.3. The minimum Gasteiger partial charge on any atom is -0.358 e. The molecule has 1 amide bonds. The number of hydrogen-bond donors (Lipinski definition) is 3. The number of carbonyl (C=O) groups is 1. The molecule has 0 saturated heterocycles. The van der Waals surface area contributed by atoms with Gasteiger partial charge < -0.3 is 16.0 Å². The van der Waals surface area contributed by atoms with Gasteiger partial charge >= 0.3 is 0 Å². The number of nitrogens with one attached hydrogen (secondary N) is 3. The zero-order valence-electron chi connectivity index (χ0n) is 10.0. The van der Waals surface area contributed by atoms with Gasteiger partial charge in [-0.3, -0.25) is 4.79 Å². The molecule has 0 spiro atoms. The Balaban J connectivity index is 2.82. The van der Waals surface area contributed by atoms with Crippen LogP contribution in [0.2, 0.25) is 0 Å². The minimum atomic E-state index is -0.360. The van der Waals surface area contributed by atoms with Gasteiger partial charge in [-0.2, -0.15) is 4.98 Å². The van der Waals surface area contributed by atoms with Crippen LogP contribution in [0.1, 0.15) is 13.8 Å². The number of likely N-dealkylation sites (N-methyl/N-ethyl adjacent to an activating group) is 1. The van der Waals surface area contributed by atoms with E-state index in [1.165, 1.54) is 0 Å². The molecule has 0 aromatic carbocycles. The standard InChI is InChI=1S/C10H16BrN5O/c1-4-13-10-14-5-7(11)8(16-10)15-6(2)9(17)12-3/h5-6H,4H2,1-3H3,(H,12,17)(H2,13,14,15,16). The molecule has 1 heterocycles. The van der Waals surface area contributed by atoms with Gasteiger partial charge in [-0.1, -0.05) is 0 Å². The van der Waals surface area contributed by atoms with E-state index >= 15 is 0 Å². The third kappa shape index (κ3) is 3.85. The number of rotatable bonds is 5. The van der Waals surface area contributed by atoms with Gasteiger partial charge in [0.1, 0.15) is 11.9 Å². The number of amides is 1. The lowest BCUT2D eigenvalue weighted by molar-refractivity contribution is -0.121. The molecule has 1 unspecified atom stereocenters. The Bertz CT molecular complexity index is 398. The monoisotopic (exact) mass is 301 g/mol. The molecule has 0 saturated carbocycles. The first-order valence-corrected chi connectivity index (χ1v) is 6.12. The van der Waals surface area contributed by atoms with Crippen molar-refractivity contribution in [2.45, 2.75) is 19.9 Å². The average molecular weight is 302 g/mol. The molecule has 0 aliphatic rings. The number of nitrogens with zero attached hydrogens (tertiary/aromatic N) is 2. The zero-order valence-corrected chi connectivity index (χ0v) is 11.6. The van der Waals surface area contributed by atoms with Gasteiger partial charge in [0.25, 0.3) is 0 Å².